The van der Waals surface area contributed by atoms with Gasteiger partial charge in [0, 0.05) is 32.2 Å². The fraction of sp³-hybridized carbons (Fsp3) is 0.917. The summed E-state index contributed by atoms with van der Waals surface area (Å²) in [5, 5.41) is 3.23. The van der Waals surface area contributed by atoms with Gasteiger partial charge in [-0.25, -0.2) is 0 Å². The van der Waals surface area contributed by atoms with Crippen molar-refractivity contribution in [3.05, 3.63) is 0 Å². The number of hydrogen-bond acceptors (Lipinski definition) is 3. The summed E-state index contributed by atoms with van der Waals surface area (Å²) in [5.41, 5.74) is 0.173. The molecule has 0 atom stereocenters. The summed E-state index contributed by atoms with van der Waals surface area (Å²) in [4.78, 5) is 11.7. The molecule has 1 amide bonds. The third-order valence-corrected chi connectivity index (χ3v) is 4.81. The van der Waals surface area contributed by atoms with E-state index in [9.17, 15) is 4.79 Å². The number of hydrogen-bond donors (Lipinski definition) is 1. The lowest BCUT2D eigenvalue weighted by molar-refractivity contribution is -0.122. The van der Waals surface area contributed by atoms with E-state index in [1.165, 1.54) is 0 Å². The second-order valence-electron chi connectivity index (χ2n) is 5.47. The Balaban J connectivity index is 1.83. The Morgan fingerprint density at radius 1 is 1.38 bits per heavy atom. The summed E-state index contributed by atoms with van der Waals surface area (Å²) >= 11 is 0. The topological polar surface area (TPSA) is 47.6 Å². The van der Waals surface area contributed by atoms with Crippen LogP contribution in [0.3, 0.4) is 0 Å². The molecule has 1 N–H and O–H groups in total. The first-order valence-electron chi connectivity index (χ1n) is 6.11. The molecule has 2 spiro atoms. The molecule has 16 heavy (non-hydrogen) atoms. The van der Waals surface area contributed by atoms with Crippen LogP contribution >= 0.6 is 0 Å². The maximum atomic E-state index is 11.7. The Hall–Kier alpha value is -0.610. The Labute approximate surface area is 95.7 Å². The molecule has 4 nitrogen and oxygen atoms in total. The van der Waals surface area contributed by atoms with Crippen LogP contribution in [0.5, 0.6) is 0 Å². The number of rotatable bonds is 1. The molecule has 0 unspecified atom stereocenters. The lowest BCUT2D eigenvalue weighted by Gasteiger charge is -2.55. The predicted octanol–water partition coefficient (Wildman–Crippen LogP) is 0.851. The lowest BCUT2D eigenvalue weighted by atomic mass is 9.54. The summed E-state index contributed by atoms with van der Waals surface area (Å²) in [6.45, 7) is 1.55. The summed E-state index contributed by atoms with van der Waals surface area (Å²) in [6.07, 6.45) is 5.04. The van der Waals surface area contributed by atoms with Gasteiger partial charge < -0.3 is 14.8 Å². The molecule has 2 aliphatic heterocycles. The molecule has 0 aromatic carbocycles. The standard InChI is InChI=1S/C12H19NO3/c1-15-9-6-11(7-9)8-10(14)13-12(11)2-4-16-5-3-12/h9H,2-8H2,1H3,(H,13,14). The zero-order chi connectivity index (χ0) is 11.2. The average molecular weight is 225 g/mol. The van der Waals surface area contributed by atoms with Gasteiger partial charge in [-0.1, -0.05) is 0 Å². The van der Waals surface area contributed by atoms with Gasteiger partial charge >= 0.3 is 0 Å². The molecule has 4 heteroatoms. The summed E-state index contributed by atoms with van der Waals surface area (Å²) in [7, 11) is 1.76. The first kappa shape index (κ1) is 10.5. The second kappa shape index (κ2) is 3.44. The van der Waals surface area contributed by atoms with Gasteiger partial charge in [0.15, 0.2) is 0 Å². The first-order valence-corrected chi connectivity index (χ1v) is 6.11. The molecule has 3 rings (SSSR count). The van der Waals surface area contributed by atoms with E-state index in [1.807, 2.05) is 0 Å². The molecular formula is C12H19NO3. The van der Waals surface area contributed by atoms with Crippen molar-refractivity contribution in [2.45, 2.75) is 43.7 Å². The van der Waals surface area contributed by atoms with Crippen molar-refractivity contribution in [2.75, 3.05) is 20.3 Å². The normalized spacial score (nSPS) is 41.1. The molecule has 2 heterocycles. The van der Waals surface area contributed by atoms with Crippen molar-refractivity contribution >= 4 is 5.91 Å². The number of methoxy groups -OCH3 is 1. The quantitative estimate of drug-likeness (QED) is 0.719. The molecule has 3 fully saturated rings. The van der Waals surface area contributed by atoms with Crippen molar-refractivity contribution in [1.29, 1.82) is 0 Å². The van der Waals surface area contributed by atoms with Crippen molar-refractivity contribution in [2.24, 2.45) is 5.41 Å². The highest BCUT2D eigenvalue weighted by Crippen LogP contribution is 2.58. The molecule has 0 bridgehead atoms. The molecule has 3 aliphatic rings. The van der Waals surface area contributed by atoms with E-state index in [0.29, 0.717) is 12.5 Å². The highest BCUT2D eigenvalue weighted by atomic mass is 16.5. The fourth-order valence-corrected chi connectivity index (χ4v) is 3.81. The number of amides is 1. The predicted molar refractivity (Wildman–Crippen MR) is 58.0 cm³/mol. The van der Waals surface area contributed by atoms with E-state index >= 15 is 0 Å². The van der Waals surface area contributed by atoms with Crippen molar-refractivity contribution < 1.29 is 14.3 Å². The molecular weight excluding hydrogens is 206 g/mol. The Kier molecular flexibility index (Phi) is 2.27. The minimum atomic E-state index is 0.0113. The van der Waals surface area contributed by atoms with Crippen LogP contribution in [0.15, 0.2) is 0 Å². The lowest BCUT2D eigenvalue weighted by Crippen LogP contribution is -2.61. The SMILES string of the molecule is COC1CC2(CC(=O)NC23CCOCC3)C1. The first-order chi connectivity index (χ1) is 7.70. The van der Waals surface area contributed by atoms with E-state index in [-0.39, 0.29) is 16.9 Å². The molecule has 2 saturated heterocycles. The van der Waals surface area contributed by atoms with Gasteiger partial charge in [0.2, 0.25) is 5.91 Å². The maximum absolute atomic E-state index is 11.7. The molecule has 0 aromatic rings. The van der Waals surface area contributed by atoms with Crippen LogP contribution < -0.4 is 5.32 Å². The third kappa shape index (κ3) is 1.26. The van der Waals surface area contributed by atoms with Gasteiger partial charge in [0.25, 0.3) is 0 Å². The number of nitrogens with one attached hydrogen (secondary N) is 1. The molecule has 90 valence electrons. The van der Waals surface area contributed by atoms with E-state index < -0.39 is 0 Å². The van der Waals surface area contributed by atoms with Crippen LogP contribution in [0.1, 0.15) is 32.1 Å². The van der Waals surface area contributed by atoms with Crippen LogP contribution in [-0.4, -0.2) is 37.9 Å². The Morgan fingerprint density at radius 3 is 2.69 bits per heavy atom. The fourth-order valence-electron chi connectivity index (χ4n) is 3.81. The second-order valence-corrected chi connectivity index (χ2v) is 5.47. The van der Waals surface area contributed by atoms with Crippen LogP contribution in [0.2, 0.25) is 0 Å². The van der Waals surface area contributed by atoms with Gasteiger partial charge in [-0.2, -0.15) is 0 Å². The summed E-state index contributed by atoms with van der Waals surface area (Å²) < 4.78 is 10.8. The third-order valence-electron chi connectivity index (χ3n) is 4.81. The van der Waals surface area contributed by atoms with Crippen LogP contribution in [-0.2, 0) is 14.3 Å². The molecule has 1 aliphatic carbocycles. The maximum Gasteiger partial charge on any atom is 0.221 e. The van der Waals surface area contributed by atoms with Crippen molar-refractivity contribution in [3.63, 3.8) is 0 Å². The largest absolute Gasteiger partial charge is 0.381 e. The molecule has 0 aromatic heterocycles. The van der Waals surface area contributed by atoms with Gasteiger partial charge in [-0.05, 0) is 25.7 Å². The minimum absolute atomic E-state index is 0.0113. The summed E-state index contributed by atoms with van der Waals surface area (Å²) in [6, 6.07) is 0. The molecule has 1 saturated carbocycles. The van der Waals surface area contributed by atoms with Crippen LogP contribution in [0.25, 0.3) is 0 Å². The van der Waals surface area contributed by atoms with Gasteiger partial charge in [-0.15, -0.1) is 0 Å². The zero-order valence-electron chi connectivity index (χ0n) is 9.75. The number of carbonyl (C=O) groups is 1. The number of ether oxygens (including phenoxy) is 2. The average Bonchev–Trinajstić information content (AvgIpc) is 2.50. The van der Waals surface area contributed by atoms with Crippen molar-refractivity contribution in [3.8, 4) is 0 Å². The van der Waals surface area contributed by atoms with Gasteiger partial charge in [0.05, 0.1) is 11.6 Å². The number of fused-ring (bicyclic) bond motifs is 1. The van der Waals surface area contributed by atoms with Crippen LogP contribution in [0.4, 0.5) is 0 Å². The summed E-state index contributed by atoms with van der Waals surface area (Å²) in [5.74, 6) is 0.219. The molecule has 0 radical (unpaired) electrons. The monoisotopic (exact) mass is 225 g/mol. The highest BCUT2D eigenvalue weighted by Gasteiger charge is 2.63. The van der Waals surface area contributed by atoms with E-state index in [0.717, 1.165) is 38.9 Å². The van der Waals surface area contributed by atoms with Gasteiger partial charge in [-0.3, -0.25) is 4.79 Å². The highest BCUT2D eigenvalue weighted by molar-refractivity contribution is 5.81. The Morgan fingerprint density at radius 2 is 2.06 bits per heavy atom. The minimum Gasteiger partial charge on any atom is -0.381 e. The van der Waals surface area contributed by atoms with E-state index in [4.69, 9.17) is 9.47 Å². The zero-order valence-corrected chi connectivity index (χ0v) is 9.75. The van der Waals surface area contributed by atoms with E-state index in [2.05, 4.69) is 5.32 Å². The smallest absolute Gasteiger partial charge is 0.221 e. The Bertz CT molecular complexity index is 303. The van der Waals surface area contributed by atoms with Crippen molar-refractivity contribution in [1.82, 2.24) is 5.32 Å². The number of carbonyl (C=O) groups excluding carboxylic acids is 1. The van der Waals surface area contributed by atoms with Gasteiger partial charge in [0.1, 0.15) is 0 Å². The van der Waals surface area contributed by atoms with Crippen LogP contribution in [0, 0.1) is 5.41 Å². The van der Waals surface area contributed by atoms with E-state index in [1.54, 1.807) is 7.11 Å².